The van der Waals surface area contributed by atoms with Crippen molar-refractivity contribution in [1.29, 1.82) is 0 Å². The van der Waals surface area contributed by atoms with E-state index in [1.807, 2.05) is 54.4 Å². The Balaban J connectivity index is 2.30. The minimum atomic E-state index is -0.643. The number of nitrogens with zero attached hydrogens (tertiary/aromatic N) is 1. The molecule has 0 radical (unpaired) electrons. The van der Waals surface area contributed by atoms with Crippen molar-refractivity contribution in [2.24, 2.45) is 0 Å². The molecule has 3 amide bonds. The Morgan fingerprint density at radius 2 is 1.78 bits per heavy atom. The normalized spacial score (nSPS) is 11.6. The predicted molar refractivity (Wildman–Crippen MR) is 103 cm³/mol. The van der Waals surface area contributed by atoms with Gasteiger partial charge >= 0.3 is 6.03 Å². The largest absolute Gasteiger partial charge is 0.497 e. The fourth-order valence-electron chi connectivity index (χ4n) is 2.83. The average Bonchev–Trinajstić information content (AvgIpc) is 2.69. The van der Waals surface area contributed by atoms with Crippen molar-refractivity contribution >= 4 is 11.9 Å². The lowest BCUT2D eigenvalue weighted by molar-refractivity contribution is -0.125. The van der Waals surface area contributed by atoms with Crippen LogP contribution < -0.4 is 20.1 Å². The molecule has 0 bridgehead atoms. The first kappa shape index (κ1) is 20.3. The molecule has 2 aromatic carbocycles. The fourth-order valence-corrected chi connectivity index (χ4v) is 2.83. The summed E-state index contributed by atoms with van der Waals surface area (Å²) < 4.78 is 10.7. The quantitative estimate of drug-likeness (QED) is 0.781. The van der Waals surface area contributed by atoms with Crippen LogP contribution in [0.2, 0.25) is 0 Å². The van der Waals surface area contributed by atoms with E-state index < -0.39 is 18.0 Å². The summed E-state index contributed by atoms with van der Waals surface area (Å²) in [6, 6.07) is 13.7. The molecule has 0 unspecified atom stereocenters. The molecule has 27 heavy (non-hydrogen) atoms. The summed E-state index contributed by atoms with van der Waals surface area (Å²) in [7, 11) is 6.47. The molecule has 1 atom stereocenters. The van der Waals surface area contributed by atoms with Gasteiger partial charge in [-0.15, -0.1) is 0 Å². The second-order valence-electron chi connectivity index (χ2n) is 5.97. The first-order chi connectivity index (χ1) is 13.0. The van der Waals surface area contributed by atoms with Gasteiger partial charge in [0.25, 0.3) is 0 Å². The Bertz CT molecular complexity index is 780. The van der Waals surface area contributed by atoms with Crippen molar-refractivity contribution < 1.29 is 19.1 Å². The van der Waals surface area contributed by atoms with Gasteiger partial charge in [-0.3, -0.25) is 15.0 Å². The monoisotopic (exact) mass is 371 g/mol. The second kappa shape index (κ2) is 9.59. The van der Waals surface area contributed by atoms with Crippen LogP contribution in [-0.2, 0) is 11.3 Å². The zero-order valence-corrected chi connectivity index (χ0v) is 16.0. The maximum absolute atomic E-state index is 12.7. The van der Waals surface area contributed by atoms with Crippen LogP contribution in [0.4, 0.5) is 4.79 Å². The van der Waals surface area contributed by atoms with Crippen molar-refractivity contribution in [1.82, 2.24) is 15.5 Å². The second-order valence-corrected chi connectivity index (χ2v) is 5.97. The first-order valence-electron chi connectivity index (χ1n) is 8.48. The Hall–Kier alpha value is -3.06. The molecule has 0 heterocycles. The van der Waals surface area contributed by atoms with E-state index >= 15 is 0 Å². The van der Waals surface area contributed by atoms with Gasteiger partial charge in [0.05, 0.1) is 14.2 Å². The number of carbonyl (C=O) groups excluding carboxylic acids is 2. The Labute approximate surface area is 159 Å². The number of carbonyl (C=O) groups is 2. The lowest BCUT2D eigenvalue weighted by Gasteiger charge is -2.28. The SMILES string of the molecule is CNC(=O)NC(=O)[C@H](c1ccccc1)N(C)Cc1ccc(OC)cc1OC. The van der Waals surface area contributed by atoms with Crippen LogP contribution in [0.15, 0.2) is 48.5 Å². The van der Waals surface area contributed by atoms with Crippen LogP contribution in [0, 0.1) is 0 Å². The molecular formula is C20H25N3O4. The Kier molecular flexibility index (Phi) is 7.19. The molecule has 0 aliphatic rings. The van der Waals surface area contributed by atoms with Gasteiger partial charge < -0.3 is 14.8 Å². The first-order valence-corrected chi connectivity index (χ1v) is 8.48. The lowest BCUT2D eigenvalue weighted by atomic mass is 10.0. The molecule has 0 spiro atoms. The van der Waals surface area contributed by atoms with E-state index in [0.717, 1.165) is 11.1 Å². The summed E-state index contributed by atoms with van der Waals surface area (Å²) in [5, 5.41) is 4.76. The van der Waals surface area contributed by atoms with Gasteiger partial charge in [-0.05, 0) is 18.7 Å². The Morgan fingerprint density at radius 1 is 1.07 bits per heavy atom. The number of hydrogen-bond donors (Lipinski definition) is 2. The maximum atomic E-state index is 12.7. The van der Waals surface area contributed by atoms with Crippen LogP contribution in [0.5, 0.6) is 11.5 Å². The molecule has 7 heteroatoms. The molecule has 2 rings (SSSR count). The highest BCUT2D eigenvalue weighted by molar-refractivity contribution is 5.97. The van der Waals surface area contributed by atoms with Gasteiger partial charge in [-0.2, -0.15) is 0 Å². The number of rotatable bonds is 7. The number of hydrogen-bond acceptors (Lipinski definition) is 5. The maximum Gasteiger partial charge on any atom is 0.321 e. The van der Waals surface area contributed by atoms with E-state index in [0.29, 0.717) is 18.0 Å². The predicted octanol–water partition coefficient (Wildman–Crippen LogP) is 2.33. The van der Waals surface area contributed by atoms with Crippen molar-refractivity contribution in [2.75, 3.05) is 28.3 Å². The molecular weight excluding hydrogens is 346 g/mol. The lowest BCUT2D eigenvalue weighted by Crippen LogP contribution is -2.44. The topological polar surface area (TPSA) is 79.9 Å². The number of methoxy groups -OCH3 is 2. The number of likely N-dealkylation sites (N-methyl/N-ethyl adjacent to an activating group) is 1. The molecule has 0 aliphatic heterocycles. The van der Waals surface area contributed by atoms with Crippen LogP contribution >= 0.6 is 0 Å². The standard InChI is InChI=1S/C20H25N3O4/c1-21-20(25)22-19(24)18(14-8-6-5-7-9-14)23(2)13-15-10-11-16(26-3)12-17(15)27-4/h5-12,18H,13H2,1-4H3,(H2,21,22,24,25)/t18-/m0/s1. The number of benzene rings is 2. The van der Waals surface area contributed by atoms with E-state index in [1.165, 1.54) is 7.05 Å². The molecule has 2 N–H and O–H groups in total. The molecule has 0 fully saturated rings. The highest BCUT2D eigenvalue weighted by Gasteiger charge is 2.27. The van der Waals surface area contributed by atoms with E-state index in [1.54, 1.807) is 20.3 Å². The number of nitrogens with one attached hydrogen (secondary N) is 2. The Morgan fingerprint density at radius 3 is 2.37 bits per heavy atom. The summed E-state index contributed by atoms with van der Waals surface area (Å²) in [4.78, 5) is 26.2. The highest BCUT2D eigenvalue weighted by atomic mass is 16.5. The van der Waals surface area contributed by atoms with Crippen LogP contribution in [-0.4, -0.2) is 45.2 Å². The van der Waals surface area contributed by atoms with E-state index in [2.05, 4.69) is 10.6 Å². The summed E-state index contributed by atoms with van der Waals surface area (Å²) in [6.07, 6.45) is 0. The molecule has 0 saturated carbocycles. The van der Waals surface area contributed by atoms with Crippen LogP contribution in [0.25, 0.3) is 0 Å². The number of ether oxygens (including phenoxy) is 2. The van der Waals surface area contributed by atoms with Crippen LogP contribution in [0.3, 0.4) is 0 Å². The van der Waals surface area contributed by atoms with Gasteiger partial charge in [0.2, 0.25) is 5.91 Å². The van der Waals surface area contributed by atoms with E-state index in [4.69, 9.17) is 9.47 Å². The summed E-state index contributed by atoms with van der Waals surface area (Å²) >= 11 is 0. The third kappa shape index (κ3) is 5.21. The van der Waals surface area contributed by atoms with E-state index in [-0.39, 0.29) is 0 Å². The minimum Gasteiger partial charge on any atom is -0.497 e. The van der Waals surface area contributed by atoms with Crippen molar-refractivity contribution in [3.8, 4) is 11.5 Å². The average molecular weight is 371 g/mol. The zero-order chi connectivity index (χ0) is 19.8. The molecule has 144 valence electrons. The smallest absolute Gasteiger partial charge is 0.321 e. The molecule has 0 aliphatic carbocycles. The molecule has 0 saturated heterocycles. The molecule has 0 aromatic heterocycles. The van der Waals surface area contributed by atoms with Crippen molar-refractivity contribution in [3.05, 3.63) is 59.7 Å². The minimum absolute atomic E-state index is 0.407. The van der Waals surface area contributed by atoms with Gasteiger partial charge in [0.1, 0.15) is 17.5 Å². The van der Waals surface area contributed by atoms with Gasteiger partial charge in [-0.1, -0.05) is 36.4 Å². The van der Waals surface area contributed by atoms with Crippen LogP contribution in [0.1, 0.15) is 17.2 Å². The molecule has 2 aromatic rings. The number of amides is 3. The number of urea groups is 1. The third-order valence-corrected chi connectivity index (χ3v) is 4.18. The van der Waals surface area contributed by atoms with Crippen molar-refractivity contribution in [3.63, 3.8) is 0 Å². The number of imide groups is 1. The highest BCUT2D eigenvalue weighted by Crippen LogP contribution is 2.28. The fraction of sp³-hybridized carbons (Fsp3) is 0.300. The summed E-state index contributed by atoms with van der Waals surface area (Å²) in [5.74, 6) is 0.950. The molecule has 7 nitrogen and oxygen atoms in total. The van der Waals surface area contributed by atoms with Gasteiger partial charge in [0, 0.05) is 25.2 Å². The third-order valence-electron chi connectivity index (χ3n) is 4.18. The van der Waals surface area contributed by atoms with E-state index in [9.17, 15) is 9.59 Å². The van der Waals surface area contributed by atoms with Gasteiger partial charge in [0.15, 0.2) is 0 Å². The van der Waals surface area contributed by atoms with Gasteiger partial charge in [-0.25, -0.2) is 4.79 Å². The summed E-state index contributed by atoms with van der Waals surface area (Å²) in [6.45, 7) is 0.438. The summed E-state index contributed by atoms with van der Waals surface area (Å²) in [5.41, 5.74) is 1.68. The zero-order valence-electron chi connectivity index (χ0n) is 16.0. The van der Waals surface area contributed by atoms with Crippen molar-refractivity contribution in [2.45, 2.75) is 12.6 Å².